The van der Waals surface area contributed by atoms with Gasteiger partial charge in [0.25, 0.3) is 5.91 Å². The van der Waals surface area contributed by atoms with Gasteiger partial charge in [0.2, 0.25) is 0 Å². The van der Waals surface area contributed by atoms with Crippen molar-refractivity contribution >= 4 is 29.1 Å². The van der Waals surface area contributed by atoms with Crippen molar-refractivity contribution in [3.05, 3.63) is 40.7 Å². The molecule has 1 aromatic heterocycles. The third-order valence-electron chi connectivity index (χ3n) is 5.59. The maximum absolute atomic E-state index is 12.6. The Morgan fingerprint density at radius 1 is 1.19 bits per heavy atom. The van der Waals surface area contributed by atoms with Crippen molar-refractivity contribution in [2.75, 3.05) is 45.8 Å². The highest BCUT2D eigenvalue weighted by atomic mass is 35.5. The number of aryl methyl sites for hydroxylation is 1. The molecule has 1 unspecified atom stereocenters. The topological polar surface area (TPSA) is 116 Å². The molecule has 2 aromatic rings. The fourth-order valence-electron chi connectivity index (χ4n) is 3.60. The number of carbonyl (C=O) groups excluding carboxylic acids is 1. The molecule has 170 valence electrons. The number of rotatable bonds is 11. The van der Waals surface area contributed by atoms with Crippen LogP contribution in [0.15, 0.2) is 24.3 Å². The molecule has 1 amide bonds. The first-order valence-corrected chi connectivity index (χ1v) is 10.9. The lowest BCUT2D eigenvalue weighted by Crippen LogP contribution is -2.54. The lowest BCUT2D eigenvalue weighted by molar-refractivity contribution is -0.914. The first-order valence-electron chi connectivity index (χ1n) is 10.5. The van der Waals surface area contributed by atoms with Crippen LogP contribution in [0.1, 0.15) is 42.2 Å². The Morgan fingerprint density at radius 3 is 2.48 bits per heavy atom. The average molecular weight is 450 g/mol. The third-order valence-corrected chi connectivity index (χ3v) is 5.87. The van der Waals surface area contributed by atoms with Crippen molar-refractivity contribution in [1.82, 2.24) is 15.3 Å². The molecule has 31 heavy (non-hydrogen) atoms. The van der Waals surface area contributed by atoms with Gasteiger partial charge in [0.05, 0.1) is 34.3 Å². The molecule has 0 spiro atoms. The predicted octanol–water partition coefficient (Wildman–Crippen LogP) is 2.91. The van der Waals surface area contributed by atoms with Gasteiger partial charge in [-0.2, -0.15) is 0 Å². The number of carbonyl (C=O) groups is 1. The number of likely N-dealkylation sites (N-methyl/N-ethyl adjacent to an activating group) is 1. The first-order chi connectivity index (χ1) is 14.7. The zero-order valence-electron chi connectivity index (χ0n) is 18.8. The molecule has 1 heterocycles. The molecule has 0 radical (unpaired) electrons. The molecule has 0 fully saturated rings. The van der Waals surface area contributed by atoms with Gasteiger partial charge in [-0.05, 0) is 24.1 Å². The Hall–Kier alpha value is -2.58. The highest BCUT2D eigenvalue weighted by Gasteiger charge is 2.28. The zero-order valence-corrected chi connectivity index (χ0v) is 19.6. The molecule has 0 bridgehead atoms. The number of nitrogen functional groups attached to an aromatic ring is 2. The quantitative estimate of drug-likeness (QED) is 0.454. The molecule has 1 aromatic carbocycles. The number of halogens is 1. The van der Waals surface area contributed by atoms with Crippen molar-refractivity contribution in [2.45, 2.75) is 38.6 Å². The first kappa shape index (κ1) is 24.7. The molecule has 2 rings (SSSR count). The van der Waals surface area contributed by atoms with Crippen LogP contribution >= 0.6 is 11.6 Å². The summed E-state index contributed by atoms with van der Waals surface area (Å²) in [6.07, 6.45) is 4.04. The van der Waals surface area contributed by atoms with E-state index in [-0.39, 0.29) is 28.5 Å². The number of ether oxygens (including phenoxy) is 1. The molecular weight excluding hydrogens is 416 g/mol. The monoisotopic (exact) mass is 449 g/mol. The minimum atomic E-state index is -0.397. The number of nitrogens with zero attached hydrogens (tertiary/aromatic N) is 3. The molecule has 8 nitrogen and oxygen atoms in total. The van der Waals surface area contributed by atoms with Crippen molar-refractivity contribution in [1.29, 1.82) is 0 Å². The van der Waals surface area contributed by atoms with Gasteiger partial charge in [0.1, 0.15) is 11.8 Å². The molecule has 5 N–H and O–H groups in total. The number of aromatic nitrogens is 2. The second-order valence-corrected chi connectivity index (χ2v) is 8.60. The van der Waals surface area contributed by atoms with E-state index < -0.39 is 5.91 Å². The Morgan fingerprint density at radius 2 is 1.87 bits per heavy atom. The summed E-state index contributed by atoms with van der Waals surface area (Å²) in [5, 5.41) is 2.92. The molecule has 0 saturated carbocycles. The molecule has 0 saturated heterocycles. The average Bonchev–Trinajstić information content (AvgIpc) is 2.73. The normalized spacial score (nSPS) is 12.4. The molecule has 9 heteroatoms. The maximum atomic E-state index is 12.6. The Balaban J connectivity index is 1.95. The standard InChI is InChI=1S/C22H33ClN6O2/c1-5-7-16(14-26-22(30)18-20(24)28-21(25)19(23)27-18)29(2,3)13-6-8-15-9-11-17(31-4)12-10-15/h9-12,16H,5-8,13-14H2,1-4H3,(H4-,24,25,26,28,30)/p+1. The van der Waals surface area contributed by atoms with Gasteiger partial charge in [0.15, 0.2) is 22.5 Å². The van der Waals surface area contributed by atoms with Crippen molar-refractivity contribution in [2.24, 2.45) is 0 Å². The van der Waals surface area contributed by atoms with Crippen molar-refractivity contribution in [3.8, 4) is 5.75 Å². The molecule has 0 aliphatic carbocycles. The maximum Gasteiger partial charge on any atom is 0.274 e. The fraction of sp³-hybridized carbons (Fsp3) is 0.500. The minimum Gasteiger partial charge on any atom is -0.497 e. The smallest absolute Gasteiger partial charge is 0.274 e. The van der Waals surface area contributed by atoms with E-state index in [1.54, 1.807) is 7.11 Å². The van der Waals surface area contributed by atoms with Gasteiger partial charge in [-0.1, -0.05) is 37.1 Å². The summed E-state index contributed by atoms with van der Waals surface area (Å²) in [6, 6.07) is 8.44. The minimum absolute atomic E-state index is 0.000685. The van der Waals surface area contributed by atoms with E-state index in [0.717, 1.165) is 42.5 Å². The van der Waals surface area contributed by atoms with E-state index in [2.05, 4.69) is 48.4 Å². The van der Waals surface area contributed by atoms with Crippen LogP contribution in [-0.2, 0) is 6.42 Å². The zero-order chi connectivity index (χ0) is 23.0. The van der Waals surface area contributed by atoms with Gasteiger partial charge in [-0.3, -0.25) is 4.79 Å². The largest absolute Gasteiger partial charge is 0.497 e. The van der Waals surface area contributed by atoms with E-state index in [4.69, 9.17) is 27.8 Å². The van der Waals surface area contributed by atoms with Crippen LogP contribution in [-0.4, -0.2) is 60.7 Å². The Bertz CT molecular complexity index is 873. The fourth-order valence-corrected chi connectivity index (χ4v) is 3.73. The van der Waals surface area contributed by atoms with E-state index in [1.165, 1.54) is 5.56 Å². The second-order valence-electron chi connectivity index (χ2n) is 8.24. The van der Waals surface area contributed by atoms with Crippen LogP contribution in [0.5, 0.6) is 5.75 Å². The van der Waals surface area contributed by atoms with Crippen LogP contribution in [0.4, 0.5) is 11.6 Å². The van der Waals surface area contributed by atoms with Crippen LogP contribution in [0.2, 0.25) is 5.15 Å². The summed E-state index contributed by atoms with van der Waals surface area (Å²) in [7, 11) is 6.08. The number of anilines is 2. The van der Waals surface area contributed by atoms with E-state index >= 15 is 0 Å². The Kier molecular flexibility index (Phi) is 8.88. The van der Waals surface area contributed by atoms with Crippen LogP contribution in [0, 0.1) is 0 Å². The van der Waals surface area contributed by atoms with Gasteiger partial charge in [-0.15, -0.1) is 0 Å². The third kappa shape index (κ3) is 6.97. The molecular formula is C22H34ClN6O2+. The number of benzene rings is 1. The number of amides is 1. The van der Waals surface area contributed by atoms with Crippen LogP contribution in [0.3, 0.4) is 0 Å². The van der Waals surface area contributed by atoms with Crippen LogP contribution in [0.25, 0.3) is 0 Å². The summed E-state index contributed by atoms with van der Waals surface area (Å²) in [4.78, 5) is 20.5. The van der Waals surface area contributed by atoms with E-state index in [1.807, 2.05) is 12.1 Å². The molecule has 1 atom stereocenters. The molecule has 0 aliphatic heterocycles. The van der Waals surface area contributed by atoms with Gasteiger partial charge in [-0.25, -0.2) is 9.97 Å². The van der Waals surface area contributed by atoms with E-state index in [9.17, 15) is 4.79 Å². The summed E-state index contributed by atoms with van der Waals surface area (Å²) in [6.45, 7) is 3.64. The summed E-state index contributed by atoms with van der Waals surface area (Å²) >= 11 is 5.90. The van der Waals surface area contributed by atoms with Gasteiger partial charge in [0, 0.05) is 12.8 Å². The highest BCUT2D eigenvalue weighted by Crippen LogP contribution is 2.19. The van der Waals surface area contributed by atoms with Gasteiger partial charge < -0.3 is 26.0 Å². The number of nitrogens with two attached hydrogens (primary N) is 2. The number of hydrogen-bond acceptors (Lipinski definition) is 6. The SMILES string of the molecule is CCCC(CNC(=O)c1nc(Cl)c(N)nc1N)[N+](C)(C)CCCc1ccc(OC)cc1. The summed E-state index contributed by atoms with van der Waals surface area (Å²) in [5.74, 6) is 0.450. The summed E-state index contributed by atoms with van der Waals surface area (Å²) < 4.78 is 6.02. The number of quaternary nitrogens is 1. The second kappa shape index (κ2) is 11.2. The van der Waals surface area contributed by atoms with Gasteiger partial charge >= 0.3 is 0 Å². The van der Waals surface area contributed by atoms with Crippen molar-refractivity contribution in [3.63, 3.8) is 0 Å². The molecule has 0 aliphatic rings. The lowest BCUT2D eigenvalue weighted by Gasteiger charge is -2.38. The lowest BCUT2D eigenvalue weighted by atomic mass is 10.1. The predicted molar refractivity (Wildman–Crippen MR) is 125 cm³/mol. The highest BCUT2D eigenvalue weighted by molar-refractivity contribution is 6.31. The van der Waals surface area contributed by atoms with Crippen molar-refractivity contribution < 1.29 is 14.0 Å². The number of hydrogen-bond donors (Lipinski definition) is 3. The summed E-state index contributed by atoms with van der Waals surface area (Å²) in [5.41, 5.74) is 12.7. The van der Waals surface area contributed by atoms with E-state index in [0.29, 0.717) is 6.54 Å². The number of methoxy groups -OCH3 is 1. The van der Waals surface area contributed by atoms with Crippen LogP contribution < -0.4 is 21.5 Å². The Labute approximate surface area is 189 Å². The number of nitrogens with one attached hydrogen (secondary N) is 1.